The highest BCUT2D eigenvalue weighted by Gasteiger charge is 2.60. The average molecular weight is 616 g/mol. The molecule has 2 aliphatic heterocycles. The molecule has 0 spiro atoms. The molecule has 0 unspecified atom stereocenters. The summed E-state index contributed by atoms with van der Waals surface area (Å²) in [5, 5.41) is 1.64. The molecule has 0 radical (unpaired) electrons. The number of hydroxylamine groups is 1. The molecule has 0 aliphatic carbocycles. The Morgan fingerprint density at radius 2 is 1.39 bits per heavy atom. The van der Waals surface area contributed by atoms with Gasteiger partial charge in [-0.05, 0) is 76.7 Å². The zero-order chi connectivity index (χ0) is 26.2. The summed E-state index contributed by atoms with van der Waals surface area (Å²) in [6.45, 7) is 0. The van der Waals surface area contributed by atoms with Crippen LogP contribution in [0.1, 0.15) is 22.0 Å². The minimum atomic E-state index is -0.959. The maximum Gasteiger partial charge on any atom is 0.343 e. The zero-order valence-electron chi connectivity index (χ0n) is 19.9. The first kappa shape index (κ1) is 24.3. The monoisotopic (exact) mass is 616 g/mol. The minimum Gasteiger partial charge on any atom is -0.423 e. The van der Waals surface area contributed by atoms with Crippen LogP contribution in [-0.2, 0) is 14.4 Å². The molecule has 2 aliphatic rings. The van der Waals surface area contributed by atoms with Gasteiger partial charge in [0.25, 0.3) is 5.91 Å². The molecular weight excluding hydrogens is 595 g/mol. The molecule has 0 N–H and O–H groups in total. The molecule has 6 rings (SSSR count). The number of amides is 2. The molecule has 2 saturated heterocycles. The van der Waals surface area contributed by atoms with E-state index in [9.17, 15) is 14.4 Å². The maximum atomic E-state index is 13.8. The Bertz CT molecular complexity index is 1510. The fraction of sp³-hybridized carbons (Fsp3) is 0.100. The van der Waals surface area contributed by atoms with Gasteiger partial charge in [-0.15, -0.1) is 0 Å². The standard InChI is InChI=1S/C30H21IN2O5/c31-23-13-7-8-14-24(23)32-28(34)25-26(33(38-27(25)29(32)35)21-11-5-2-6-12-21)19-15-17-22(18-16-19)37-30(36)20-9-3-1-4-10-20/h1-18,25-27H/t25-,26-,27-/m0/s1. The Labute approximate surface area is 232 Å². The number of benzene rings is 4. The highest BCUT2D eigenvalue weighted by molar-refractivity contribution is 14.1. The number of hydrogen-bond acceptors (Lipinski definition) is 6. The summed E-state index contributed by atoms with van der Waals surface area (Å²) in [6, 6.07) is 31.8. The Morgan fingerprint density at radius 3 is 2.08 bits per heavy atom. The van der Waals surface area contributed by atoms with Crippen LogP contribution in [0.15, 0.2) is 109 Å². The minimum absolute atomic E-state index is 0.313. The summed E-state index contributed by atoms with van der Waals surface area (Å²) < 4.78 is 6.33. The molecule has 4 aromatic carbocycles. The molecule has 7 nitrogen and oxygen atoms in total. The van der Waals surface area contributed by atoms with Crippen molar-refractivity contribution in [2.75, 3.05) is 9.96 Å². The first-order valence-electron chi connectivity index (χ1n) is 12.0. The largest absolute Gasteiger partial charge is 0.423 e. The number of anilines is 2. The number of nitrogens with zero attached hydrogens (tertiary/aromatic N) is 2. The van der Waals surface area contributed by atoms with E-state index in [1.54, 1.807) is 65.7 Å². The number of carbonyl (C=O) groups is 3. The topological polar surface area (TPSA) is 76.2 Å². The lowest BCUT2D eigenvalue weighted by atomic mass is 9.90. The highest BCUT2D eigenvalue weighted by atomic mass is 127. The van der Waals surface area contributed by atoms with Gasteiger partial charge in [0.1, 0.15) is 11.7 Å². The molecule has 4 aromatic rings. The third-order valence-corrected chi connectivity index (χ3v) is 7.57. The van der Waals surface area contributed by atoms with Crippen LogP contribution in [0.4, 0.5) is 11.4 Å². The molecule has 2 heterocycles. The van der Waals surface area contributed by atoms with Crippen LogP contribution >= 0.6 is 22.6 Å². The van der Waals surface area contributed by atoms with Crippen LogP contribution < -0.4 is 14.7 Å². The van der Waals surface area contributed by atoms with Crippen molar-refractivity contribution in [1.82, 2.24) is 0 Å². The van der Waals surface area contributed by atoms with E-state index >= 15 is 0 Å². The number of imide groups is 1. The first-order chi connectivity index (χ1) is 18.5. The van der Waals surface area contributed by atoms with Crippen molar-refractivity contribution in [3.05, 3.63) is 124 Å². The van der Waals surface area contributed by atoms with Crippen molar-refractivity contribution in [3.8, 4) is 5.75 Å². The Hall–Kier alpha value is -4.02. The lowest BCUT2D eigenvalue weighted by Gasteiger charge is -2.29. The number of para-hydroxylation sites is 2. The molecule has 2 fully saturated rings. The second kappa shape index (κ2) is 10.0. The predicted octanol–water partition coefficient (Wildman–Crippen LogP) is 5.56. The summed E-state index contributed by atoms with van der Waals surface area (Å²) in [6.07, 6.45) is -0.959. The molecular formula is C30H21IN2O5. The van der Waals surface area contributed by atoms with Gasteiger partial charge >= 0.3 is 5.97 Å². The number of rotatable bonds is 5. The summed E-state index contributed by atoms with van der Waals surface area (Å²) in [7, 11) is 0. The third kappa shape index (κ3) is 4.25. The quantitative estimate of drug-likeness (QED) is 0.127. The lowest BCUT2D eigenvalue weighted by molar-refractivity contribution is -0.126. The van der Waals surface area contributed by atoms with E-state index in [0.717, 1.165) is 14.8 Å². The smallest absolute Gasteiger partial charge is 0.343 e. The number of esters is 1. The summed E-state index contributed by atoms with van der Waals surface area (Å²) in [5.41, 5.74) is 2.48. The normalized spacial score (nSPS) is 20.5. The van der Waals surface area contributed by atoms with Gasteiger partial charge in [0.2, 0.25) is 5.91 Å². The van der Waals surface area contributed by atoms with Gasteiger partial charge in [-0.1, -0.05) is 60.7 Å². The van der Waals surface area contributed by atoms with Crippen molar-refractivity contribution in [2.45, 2.75) is 12.1 Å². The van der Waals surface area contributed by atoms with E-state index in [2.05, 4.69) is 22.6 Å². The van der Waals surface area contributed by atoms with Crippen LogP contribution in [0.25, 0.3) is 0 Å². The molecule has 8 heteroatoms. The van der Waals surface area contributed by atoms with E-state index in [0.29, 0.717) is 17.0 Å². The summed E-state index contributed by atoms with van der Waals surface area (Å²) in [4.78, 5) is 47.2. The van der Waals surface area contributed by atoms with Crippen LogP contribution in [0.5, 0.6) is 5.75 Å². The van der Waals surface area contributed by atoms with Crippen LogP contribution in [0.2, 0.25) is 0 Å². The van der Waals surface area contributed by atoms with Gasteiger partial charge in [-0.25, -0.2) is 14.8 Å². The van der Waals surface area contributed by atoms with Gasteiger partial charge < -0.3 is 4.74 Å². The number of hydrogen-bond donors (Lipinski definition) is 0. The van der Waals surface area contributed by atoms with Crippen LogP contribution in [-0.4, -0.2) is 23.9 Å². The van der Waals surface area contributed by atoms with E-state index in [4.69, 9.17) is 9.57 Å². The third-order valence-electron chi connectivity index (χ3n) is 6.66. The Kier molecular flexibility index (Phi) is 6.42. The van der Waals surface area contributed by atoms with Crippen molar-refractivity contribution in [1.29, 1.82) is 0 Å². The predicted molar refractivity (Wildman–Crippen MR) is 150 cm³/mol. The molecule has 3 atom stereocenters. The van der Waals surface area contributed by atoms with E-state index in [1.165, 1.54) is 4.90 Å². The van der Waals surface area contributed by atoms with Crippen molar-refractivity contribution >= 4 is 51.7 Å². The molecule has 0 aromatic heterocycles. The second-order valence-corrected chi connectivity index (χ2v) is 10.1. The molecule has 2 amide bonds. The number of halogens is 1. The van der Waals surface area contributed by atoms with E-state index in [-0.39, 0.29) is 11.8 Å². The van der Waals surface area contributed by atoms with Gasteiger partial charge in [0.05, 0.1) is 23.0 Å². The van der Waals surface area contributed by atoms with Crippen molar-refractivity contribution in [2.24, 2.45) is 5.92 Å². The van der Waals surface area contributed by atoms with E-state index < -0.39 is 24.0 Å². The van der Waals surface area contributed by atoms with Crippen LogP contribution in [0.3, 0.4) is 0 Å². The molecule has 188 valence electrons. The fourth-order valence-corrected chi connectivity index (χ4v) is 5.52. The fourth-order valence-electron chi connectivity index (χ4n) is 4.90. The lowest BCUT2D eigenvalue weighted by Crippen LogP contribution is -2.37. The number of ether oxygens (including phenoxy) is 1. The first-order valence-corrected chi connectivity index (χ1v) is 13.1. The number of fused-ring (bicyclic) bond motifs is 1. The van der Waals surface area contributed by atoms with E-state index in [1.807, 2.05) is 48.5 Å². The zero-order valence-corrected chi connectivity index (χ0v) is 22.1. The summed E-state index contributed by atoms with van der Waals surface area (Å²) in [5.74, 6) is -1.54. The van der Waals surface area contributed by atoms with Crippen LogP contribution in [0, 0.1) is 9.49 Å². The van der Waals surface area contributed by atoms with Crippen molar-refractivity contribution < 1.29 is 24.0 Å². The highest BCUT2D eigenvalue weighted by Crippen LogP contribution is 2.48. The molecule has 0 saturated carbocycles. The maximum absolute atomic E-state index is 13.8. The average Bonchev–Trinajstić information content (AvgIpc) is 3.46. The van der Waals surface area contributed by atoms with Gasteiger partial charge in [-0.3, -0.25) is 14.4 Å². The Balaban J connectivity index is 1.34. The van der Waals surface area contributed by atoms with Gasteiger partial charge in [0, 0.05) is 3.57 Å². The number of carbonyl (C=O) groups excluding carboxylic acids is 3. The molecule has 0 bridgehead atoms. The van der Waals surface area contributed by atoms with Gasteiger partial charge in [-0.2, -0.15) is 0 Å². The summed E-state index contributed by atoms with van der Waals surface area (Å²) >= 11 is 2.12. The second-order valence-electron chi connectivity index (χ2n) is 8.95. The SMILES string of the molecule is O=C(Oc1ccc([C@H]2[C@@H]3C(=O)N(c4ccccc4I)C(=O)[C@H]3ON2c2ccccc2)cc1)c1ccccc1. The molecule has 38 heavy (non-hydrogen) atoms. The Morgan fingerprint density at radius 1 is 0.763 bits per heavy atom. The van der Waals surface area contributed by atoms with Crippen molar-refractivity contribution in [3.63, 3.8) is 0 Å². The van der Waals surface area contributed by atoms with Gasteiger partial charge in [0.15, 0.2) is 6.10 Å².